The number of fused-ring (bicyclic) bond motifs is 1. The molecule has 3 rings (SSSR count). The molecule has 0 spiro atoms. The average molecular weight is 396 g/mol. The van der Waals surface area contributed by atoms with Crippen molar-refractivity contribution in [3.8, 4) is 5.75 Å². The Morgan fingerprint density at radius 2 is 2.07 bits per heavy atom. The first kappa shape index (κ1) is 20.7. The van der Waals surface area contributed by atoms with E-state index in [9.17, 15) is 9.59 Å². The second-order valence-electron chi connectivity index (χ2n) is 7.22. The van der Waals surface area contributed by atoms with Gasteiger partial charge in [0.05, 0.1) is 24.1 Å². The molecule has 1 saturated carbocycles. The van der Waals surface area contributed by atoms with Gasteiger partial charge in [-0.25, -0.2) is 0 Å². The molecule has 2 amide bonds. The molecule has 3 N–H and O–H groups in total. The third-order valence-corrected chi connectivity index (χ3v) is 5.22. The van der Waals surface area contributed by atoms with Gasteiger partial charge in [-0.15, -0.1) is 0 Å². The number of hydrogen-bond donors (Lipinski definition) is 3. The number of carbonyl (C=O) groups is 2. The van der Waals surface area contributed by atoms with Crippen molar-refractivity contribution in [3.05, 3.63) is 58.5 Å². The minimum atomic E-state index is -0.185. The highest BCUT2D eigenvalue weighted by Crippen LogP contribution is 2.39. The number of amides is 2. The van der Waals surface area contributed by atoms with Gasteiger partial charge in [-0.1, -0.05) is 31.2 Å². The Hall–Kier alpha value is -3.02. The van der Waals surface area contributed by atoms with Gasteiger partial charge in [-0.3, -0.25) is 9.59 Å². The van der Waals surface area contributed by atoms with Gasteiger partial charge < -0.3 is 20.7 Å². The van der Waals surface area contributed by atoms with Gasteiger partial charge in [0, 0.05) is 30.7 Å². The maximum Gasteiger partial charge on any atom is 0.252 e. The summed E-state index contributed by atoms with van der Waals surface area (Å²) in [7, 11) is 3.24. The molecule has 0 unspecified atom stereocenters. The topological polar surface area (TPSA) is 79.5 Å². The number of allylic oxidation sites excluding steroid dienone is 3. The van der Waals surface area contributed by atoms with Gasteiger partial charge in [0.2, 0.25) is 5.91 Å². The number of nitrogens with one attached hydrogen (secondary N) is 3. The van der Waals surface area contributed by atoms with Crippen LogP contribution >= 0.6 is 0 Å². The van der Waals surface area contributed by atoms with Crippen molar-refractivity contribution in [2.24, 2.45) is 5.92 Å². The lowest BCUT2D eigenvalue weighted by Gasteiger charge is -2.29. The van der Waals surface area contributed by atoms with Crippen LogP contribution in [-0.2, 0) is 16.0 Å². The SMILES string of the molecule is C/C=C(/C(=O)NC)C1=C(/C(=C/CC)NC(=O)C2CC2)Cc2cccc(OC)c2N1. The van der Waals surface area contributed by atoms with Crippen LogP contribution in [0.15, 0.2) is 52.9 Å². The van der Waals surface area contributed by atoms with E-state index >= 15 is 0 Å². The Morgan fingerprint density at radius 3 is 2.66 bits per heavy atom. The number of hydrogen-bond acceptors (Lipinski definition) is 4. The summed E-state index contributed by atoms with van der Waals surface area (Å²) in [5, 5.41) is 9.24. The molecule has 0 atom stereocenters. The number of anilines is 1. The lowest BCUT2D eigenvalue weighted by Crippen LogP contribution is -2.31. The highest BCUT2D eigenvalue weighted by Gasteiger charge is 2.32. The Morgan fingerprint density at radius 1 is 1.31 bits per heavy atom. The maximum absolute atomic E-state index is 12.6. The molecule has 1 aliphatic heterocycles. The van der Waals surface area contributed by atoms with Crippen LogP contribution in [0.25, 0.3) is 0 Å². The summed E-state index contributed by atoms with van der Waals surface area (Å²) >= 11 is 0. The standard InChI is InChI=1S/C23H29N3O3/c1-5-8-18(25-22(27)14-11-12-14)17-13-15-9-7-10-19(29-4)20(15)26-21(17)16(6-2)23(28)24-3/h6-10,14,26H,5,11-13H2,1-4H3,(H,24,28)(H,25,27)/b16-6+,18-8-. The molecule has 0 bridgehead atoms. The van der Waals surface area contributed by atoms with Gasteiger partial charge >= 0.3 is 0 Å². The quantitative estimate of drug-likeness (QED) is 0.618. The normalized spacial score (nSPS) is 16.7. The van der Waals surface area contributed by atoms with E-state index in [1.807, 2.05) is 38.1 Å². The van der Waals surface area contributed by atoms with Gasteiger partial charge in [0.15, 0.2) is 0 Å². The summed E-state index contributed by atoms with van der Waals surface area (Å²) in [6.45, 7) is 3.87. The monoisotopic (exact) mass is 395 g/mol. The van der Waals surface area contributed by atoms with Crippen LogP contribution < -0.4 is 20.7 Å². The molecular formula is C23H29N3O3. The third-order valence-electron chi connectivity index (χ3n) is 5.22. The van der Waals surface area contributed by atoms with E-state index in [2.05, 4.69) is 16.0 Å². The Balaban J connectivity index is 2.11. The van der Waals surface area contributed by atoms with Crippen LogP contribution in [0, 0.1) is 5.92 Å². The van der Waals surface area contributed by atoms with E-state index in [-0.39, 0.29) is 17.7 Å². The zero-order valence-corrected chi connectivity index (χ0v) is 17.5. The molecular weight excluding hydrogens is 366 g/mol. The summed E-state index contributed by atoms with van der Waals surface area (Å²) in [5.74, 6) is 0.683. The molecule has 29 heavy (non-hydrogen) atoms. The van der Waals surface area contributed by atoms with E-state index < -0.39 is 0 Å². The minimum absolute atomic E-state index is 0.0509. The smallest absolute Gasteiger partial charge is 0.252 e. The summed E-state index contributed by atoms with van der Waals surface area (Å²) in [6, 6.07) is 5.87. The van der Waals surface area contributed by atoms with Crippen molar-refractivity contribution in [2.75, 3.05) is 19.5 Å². The predicted molar refractivity (Wildman–Crippen MR) is 114 cm³/mol. The number of ether oxygens (including phenoxy) is 1. The summed E-state index contributed by atoms with van der Waals surface area (Å²) < 4.78 is 5.52. The number of rotatable bonds is 7. The average Bonchev–Trinajstić information content (AvgIpc) is 3.58. The molecule has 154 valence electrons. The van der Waals surface area contributed by atoms with Crippen molar-refractivity contribution in [1.82, 2.24) is 10.6 Å². The molecule has 1 aromatic carbocycles. The van der Waals surface area contributed by atoms with E-state index in [1.165, 1.54) is 0 Å². The fourth-order valence-corrected chi connectivity index (χ4v) is 3.53. The van der Waals surface area contributed by atoms with Crippen LogP contribution in [0.5, 0.6) is 5.75 Å². The zero-order valence-electron chi connectivity index (χ0n) is 17.5. The molecule has 2 aliphatic rings. The maximum atomic E-state index is 12.6. The van der Waals surface area contributed by atoms with E-state index in [0.717, 1.165) is 47.5 Å². The molecule has 0 radical (unpaired) electrons. The minimum Gasteiger partial charge on any atom is -0.495 e. The molecule has 1 fully saturated rings. The number of likely N-dealkylation sites (N-methyl/N-ethyl adjacent to an activating group) is 1. The Labute approximate surface area is 172 Å². The van der Waals surface area contributed by atoms with Crippen LogP contribution in [-0.4, -0.2) is 26.0 Å². The second-order valence-corrected chi connectivity index (χ2v) is 7.22. The molecule has 6 nitrogen and oxygen atoms in total. The van der Waals surface area contributed by atoms with Crippen molar-refractivity contribution in [2.45, 2.75) is 39.5 Å². The van der Waals surface area contributed by atoms with E-state index in [1.54, 1.807) is 20.2 Å². The zero-order chi connectivity index (χ0) is 21.0. The first-order valence-corrected chi connectivity index (χ1v) is 10.1. The Bertz CT molecular complexity index is 908. The highest BCUT2D eigenvalue weighted by atomic mass is 16.5. The molecule has 6 heteroatoms. The largest absolute Gasteiger partial charge is 0.495 e. The van der Waals surface area contributed by atoms with Crippen molar-refractivity contribution >= 4 is 17.5 Å². The van der Waals surface area contributed by atoms with Gasteiger partial charge in [-0.05, 0) is 37.8 Å². The lowest BCUT2D eigenvalue weighted by molar-refractivity contribution is -0.121. The first-order valence-electron chi connectivity index (χ1n) is 10.1. The lowest BCUT2D eigenvalue weighted by atomic mass is 9.90. The number of methoxy groups -OCH3 is 1. The fraction of sp³-hybridized carbons (Fsp3) is 0.391. The molecule has 1 aliphatic carbocycles. The van der Waals surface area contributed by atoms with Crippen LogP contribution in [0.1, 0.15) is 38.7 Å². The van der Waals surface area contributed by atoms with Crippen LogP contribution in [0.4, 0.5) is 5.69 Å². The van der Waals surface area contributed by atoms with Gasteiger partial charge in [0.1, 0.15) is 5.75 Å². The summed E-state index contributed by atoms with van der Waals surface area (Å²) in [5.41, 5.74) is 4.79. The molecule has 0 aromatic heterocycles. The van der Waals surface area contributed by atoms with Crippen molar-refractivity contribution in [1.29, 1.82) is 0 Å². The summed E-state index contributed by atoms with van der Waals surface area (Å²) in [4.78, 5) is 25.1. The third kappa shape index (κ3) is 4.36. The Kier molecular flexibility index (Phi) is 6.42. The summed E-state index contributed by atoms with van der Waals surface area (Å²) in [6.07, 6.45) is 7.03. The molecule has 0 saturated heterocycles. The van der Waals surface area contributed by atoms with Gasteiger partial charge in [0.25, 0.3) is 5.91 Å². The molecule has 1 aromatic rings. The molecule has 1 heterocycles. The first-order chi connectivity index (χ1) is 14.0. The number of benzene rings is 1. The fourth-order valence-electron chi connectivity index (χ4n) is 3.53. The number of carbonyl (C=O) groups excluding carboxylic acids is 2. The number of para-hydroxylation sites is 1. The van der Waals surface area contributed by atoms with Crippen LogP contribution in [0.2, 0.25) is 0 Å². The highest BCUT2D eigenvalue weighted by molar-refractivity contribution is 5.99. The van der Waals surface area contributed by atoms with Crippen molar-refractivity contribution < 1.29 is 14.3 Å². The van der Waals surface area contributed by atoms with Crippen molar-refractivity contribution in [3.63, 3.8) is 0 Å². The van der Waals surface area contributed by atoms with Crippen LogP contribution in [0.3, 0.4) is 0 Å². The van der Waals surface area contributed by atoms with Gasteiger partial charge in [-0.2, -0.15) is 0 Å². The van der Waals surface area contributed by atoms with E-state index in [0.29, 0.717) is 17.7 Å². The van der Waals surface area contributed by atoms with E-state index in [4.69, 9.17) is 4.74 Å². The second kappa shape index (κ2) is 8.99. The predicted octanol–water partition coefficient (Wildman–Crippen LogP) is 3.43.